The predicted molar refractivity (Wildman–Crippen MR) is 57.6 cm³/mol. The van der Waals surface area contributed by atoms with E-state index < -0.39 is 0 Å². The van der Waals surface area contributed by atoms with Crippen LogP contribution in [0.5, 0.6) is 0 Å². The summed E-state index contributed by atoms with van der Waals surface area (Å²) < 4.78 is 11.1. The highest BCUT2D eigenvalue weighted by molar-refractivity contribution is 4.72. The lowest BCUT2D eigenvalue weighted by molar-refractivity contribution is -0.0729. The molecule has 1 aliphatic rings. The van der Waals surface area contributed by atoms with Gasteiger partial charge in [0, 0.05) is 26.2 Å². The topological polar surface area (TPSA) is 21.7 Å². The zero-order valence-corrected chi connectivity index (χ0v) is 9.66. The zero-order valence-electron chi connectivity index (χ0n) is 9.66. The zero-order chi connectivity index (χ0) is 10.4. The van der Waals surface area contributed by atoms with E-state index in [9.17, 15) is 0 Å². The molecule has 0 aromatic heterocycles. The Balaban J connectivity index is 2.10. The molecule has 1 saturated heterocycles. The summed E-state index contributed by atoms with van der Waals surface area (Å²) >= 11 is 0. The summed E-state index contributed by atoms with van der Waals surface area (Å²) in [4.78, 5) is 2.43. The summed E-state index contributed by atoms with van der Waals surface area (Å²) in [6, 6.07) is 0. The Morgan fingerprint density at radius 2 is 1.86 bits per heavy atom. The van der Waals surface area contributed by atoms with Gasteiger partial charge in [-0.05, 0) is 20.3 Å². The quantitative estimate of drug-likeness (QED) is 0.630. The normalized spacial score (nSPS) is 29.4. The minimum atomic E-state index is 0.366. The maximum absolute atomic E-state index is 5.66. The fourth-order valence-electron chi connectivity index (χ4n) is 1.91. The second-order valence-corrected chi connectivity index (χ2v) is 4.13. The molecule has 3 nitrogen and oxygen atoms in total. The van der Waals surface area contributed by atoms with Gasteiger partial charge in [-0.25, -0.2) is 0 Å². The Morgan fingerprint density at radius 3 is 2.43 bits per heavy atom. The molecule has 1 rings (SSSR count). The predicted octanol–water partition coefficient (Wildman–Crippen LogP) is 1.52. The van der Waals surface area contributed by atoms with Crippen molar-refractivity contribution in [3.05, 3.63) is 0 Å². The van der Waals surface area contributed by atoms with Crippen molar-refractivity contribution in [3.8, 4) is 0 Å². The van der Waals surface area contributed by atoms with Gasteiger partial charge in [-0.15, -0.1) is 0 Å². The van der Waals surface area contributed by atoms with Gasteiger partial charge in [0.2, 0.25) is 0 Å². The molecule has 0 radical (unpaired) electrons. The molecule has 1 heterocycles. The molecule has 0 amide bonds. The van der Waals surface area contributed by atoms with Crippen LogP contribution in [-0.2, 0) is 9.47 Å². The van der Waals surface area contributed by atoms with Crippen molar-refractivity contribution in [2.24, 2.45) is 0 Å². The molecule has 84 valence electrons. The van der Waals surface area contributed by atoms with E-state index in [1.54, 1.807) is 0 Å². The van der Waals surface area contributed by atoms with Gasteiger partial charge in [0.1, 0.15) is 0 Å². The molecule has 0 spiro atoms. The van der Waals surface area contributed by atoms with E-state index in [1.807, 2.05) is 0 Å². The van der Waals surface area contributed by atoms with E-state index in [4.69, 9.17) is 9.47 Å². The van der Waals surface area contributed by atoms with Crippen molar-refractivity contribution < 1.29 is 9.47 Å². The SMILES string of the molecule is CCCOCCN1CC(C)OC(C)C1. The average Bonchev–Trinajstić information content (AvgIpc) is 2.11. The monoisotopic (exact) mass is 201 g/mol. The van der Waals surface area contributed by atoms with Crippen LogP contribution in [-0.4, -0.2) is 50.0 Å². The molecule has 3 heteroatoms. The maximum atomic E-state index is 5.66. The van der Waals surface area contributed by atoms with Crippen LogP contribution in [0.4, 0.5) is 0 Å². The molecule has 14 heavy (non-hydrogen) atoms. The molecule has 1 fully saturated rings. The van der Waals surface area contributed by atoms with Crippen LogP contribution in [0.25, 0.3) is 0 Å². The molecule has 2 unspecified atom stereocenters. The molecular formula is C11H23NO2. The van der Waals surface area contributed by atoms with Gasteiger partial charge in [0.25, 0.3) is 0 Å². The Kier molecular flexibility index (Phi) is 5.45. The summed E-state index contributed by atoms with van der Waals surface area (Å²) in [7, 11) is 0. The molecule has 0 saturated carbocycles. The van der Waals surface area contributed by atoms with Crippen LogP contribution in [0, 0.1) is 0 Å². The lowest BCUT2D eigenvalue weighted by Gasteiger charge is -2.35. The molecule has 1 aliphatic heterocycles. The third kappa shape index (κ3) is 4.40. The Bertz CT molecular complexity index is 142. The first-order chi connectivity index (χ1) is 6.72. The fourth-order valence-corrected chi connectivity index (χ4v) is 1.91. The van der Waals surface area contributed by atoms with Gasteiger partial charge in [0.15, 0.2) is 0 Å². The van der Waals surface area contributed by atoms with Gasteiger partial charge in [-0.3, -0.25) is 4.90 Å². The molecular weight excluding hydrogens is 178 g/mol. The average molecular weight is 201 g/mol. The summed E-state index contributed by atoms with van der Waals surface area (Å²) in [5.74, 6) is 0. The number of morpholine rings is 1. The fraction of sp³-hybridized carbons (Fsp3) is 1.00. The minimum Gasteiger partial charge on any atom is -0.380 e. The Hall–Kier alpha value is -0.120. The van der Waals surface area contributed by atoms with E-state index in [1.165, 1.54) is 0 Å². The molecule has 0 aromatic carbocycles. The standard InChI is InChI=1S/C11H23NO2/c1-4-6-13-7-5-12-8-10(2)14-11(3)9-12/h10-11H,4-9H2,1-3H3. The summed E-state index contributed by atoms with van der Waals surface area (Å²) in [6.07, 6.45) is 1.84. The maximum Gasteiger partial charge on any atom is 0.0678 e. The van der Waals surface area contributed by atoms with Crippen LogP contribution < -0.4 is 0 Å². The Labute approximate surface area is 87.4 Å². The minimum absolute atomic E-state index is 0.366. The first-order valence-electron chi connectivity index (χ1n) is 5.68. The van der Waals surface area contributed by atoms with Crippen LogP contribution in [0.3, 0.4) is 0 Å². The van der Waals surface area contributed by atoms with Crippen molar-refractivity contribution in [2.75, 3.05) is 32.8 Å². The largest absolute Gasteiger partial charge is 0.380 e. The van der Waals surface area contributed by atoms with Crippen molar-refractivity contribution in [1.82, 2.24) is 4.90 Å². The van der Waals surface area contributed by atoms with E-state index in [0.717, 1.165) is 39.3 Å². The van der Waals surface area contributed by atoms with Crippen molar-refractivity contribution in [2.45, 2.75) is 39.4 Å². The van der Waals surface area contributed by atoms with Crippen LogP contribution in [0.15, 0.2) is 0 Å². The van der Waals surface area contributed by atoms with Crippen LogP contribution in [0.1, 0.15) is 27.2 Å². The summed E-state index contributed by atoms with van der Waals surface area (Å²) in [5.41, 5.74) is 0. The highest BCUT2D eigenvalue weighted by Gasteiger charge is 2.21. The summed E-state index contributed by atoms with van der Waals surface area (Å²) in [5, 5.41) is 0. The molecule has 0 aromatic rings. The molecule has 0 N–H and O–H groups in total. The number of nitrogens with zero attached hydrogens (tertiary/aromatic N) is 1. The lowest BCUT2D eigenvalue weighted by Crippen LogP contribution is -2.46. The number of ether oxygens (including phenoxy) is 2. The van der Waals surface area contributed by atoms with Gasteiger partial charge in [-0.2, -0.15) is 0 Å². The van der Waals surface area contributed by atoms with Crippen LogP contribution >= 0.6 is 0 Å². The van der Waals surface area contributed by atoms with E-state index in [-0.39, 0.29) is 0 Å². The number of hydrogen-bond acceptors (Lipinski definition) is 3. The first kappa shape index (κ1) is 12.0. The van der Waals surface area contributed by atoms with Gasteiger partial charge < -0.3 is 9.47 Å². The lowest BCUT2D eigenvalue weighted by atomic mass is 10.2. The molecule has 2 atom stereocenters. The second-order valence-electron chi connectivity index (χ2n) is 4.13. The summed E-state index contributed by atoms with van der Waals surface area (Å²) in [6.45, 7) is 11.3. The third-order valence-electron chi connectivity index (χ3n) is 2.40. The van der Waals surface area contributed by atoms with Crippen molar-refractivity contribution in [1.29, 1.82) is 0 Å². The Morgan fingerprint density at radius 1 is 1.21 bits per heavy atom. The van der Waals surface area contributed by atoms with E-state index in [0.29, 0.717) is 12.2 Å². The van der Waals surface area contributed by atoms with E-state index >= 15 is 0 Å². The van der Waals surface area contributed by atoms with E-state index in [2.05, 4.69) is 25.7 Å². The van der Waals surface area contributed by atoms with Crippen molar-refractivity contribution >= 4 is 0 Å². The highest BCUT2D eigenvalue weighted by atomic mass is 16.5. The van der Waals surface area contributed by atoms with Crippen LogP contribution in [0.2, 0.25) is 0 Å². The number of rotatable bonds is 5. The molecule has 0 aliphatic carbocycles. The molecule has 0 bridgehead atoms. The number of hydrogen-bond donors (Lipinski definition) is 0. The van der Waals surface area contributed by atoms with Gasteiger partial charge >= 0.3 is 0 Å². The second kappa shape index (κ2) is 6.38. The smallest absolute Gasteiger partial charge is 0.0678 e. The van der Waals surface area contributed by atoms with Crippen molar-refractivity contribution in [3.63, 3.8) is 0 Å². The first-order valence-corrected chi connectivity index (χ1v) is 5.68. The van der Waals surface area contributed by atoms with Gasteiger partial charge in [-0.1, -0.05) is 6.92 Å². The highest BCUT2D eigenvalue weighted by Crippen LogP contribution is 2.09. The third-order valence-corrected chi connectivity index (χ3v) is 2.40. The van der Waals surface area contributed by atoms with Gasteiger partial charge in [0.05, 0.1) is 18.8 Å².